The van der Waals surface area contributed by atoms with E-state index < -0.39 is 0 Å². The first kappa shape index (κ1) is 25.5. The highest BCUT2D eigenvalue weighted by molar-refractivity contribution is 9.10. The number of hydrogen-bond acceptors (Lipinski definition) is 6. The van der Waals surface area contributed by atoms with Gasteiger partial charge in [-0.3, -0.25) is 9.59 Å². The maximum atomic E-state index is 12.6. The number of methoxy groups -OCH3 is 1. The number of halogens is 1. The first-order valence-electron chi connectivity index (χ1n) is 10.5. The van der Waals surface area contributed by atoms with Crippen molar-refractivity contribution in [2.45, 2.75) is 31.1 Å². The second-order valence-corrected chi connectivity index (χ2v) is 9.26. The topological polar surface area (TPSA) is 98.1 Å². The van der Waals surface area contributed by atoms with Gasteiger partial charge in [0.2, 0.25) is 11.8 Å². The molecular formula is C24H26BrN5O3S. The van der Waals surface area contributed by atoms with Gasteiger partial charge in [0.15, 0.2) is 11.0 Å². The molecule has 0 saturated carbocycles. The maximum Gasteiger partial charge on any atom is 0.234 e. The number of nitrogens with one attached hydrogen (secondary N) is 2. The molecule has 0 aliphatic heterocycles. The van der Waals surface area contributed by atoms with Crippen molar-refractivity contribution in [3.63, 3.8) is 0 Å². The third-order valence-corrected chi connectivity index (χ3v) is 6.30. The minimum absolute atomic E-state index is 0.131. The summed E-state index contributed by atoms with van der Waals surface area (Å²) in [5, 5.41) is 14.9. The van der Waals surface area contributed by atoms with E-state index in [-0.39, 0.29) is 30.0 Å². The number of anilines is 1. The zero-order valence-electron chi connectivity index (χ0n) is 19.0. The molecule has 2 aromatic carbocycles. The second kappa shape index (κ2) is 12.4. The van der Waals surface area contributed by atoms with E-state index in [0.717, 1.165) is 21.5 Å². The molecule has 0 saturated heterocycles. The van der Waals surface area contributed by atoms with Gasteiger partial charge in [0, 0.05) is 16.7 Å². The zero-order chi connectivity index (χ0) is 24.5. The predicted molar refractivity (Wildman–Crippen MR) is 137 cm³/mol. The molecule has 0 fully saturated rings. The normalized spacial score (nSPS) is 11.5. The third kappa shape index (κ3) is 7.19. The van der Waals surface area contributed by atoms with Crippen LogP contribution in [-0.2, 0) is 22.6 Å². The number of amides is 2. The number of benzene rings is 2. The molecule has 0 unspecified atom stereocenters. The summed E-state index contributed by atoms with van der Waals surface area (Å²) in [6.45, 7) is 6.11. The molecule has 3 aromatic rings. The molecule has 0 radical (unpaired) electrons. The van der Waals surface area contributed by atoms with Crippen LogP contribution in [0.3, 0.4) is 0 Å². The smallest absolute Gasteiger partial charge is 0.234 e. The van der Waals surface area contributed by atoms with E-state index in [4.69, 9.17) is 4.74 Å². The van der Waals surface area contributed by atoms with Crippen molar-refractivity contribution >= 4 is 45.2 Å². The number of carbonyl (C=O) groups is 2. The van der Waals surface area contributed by atoms with Crippen molar-refractivity contribution < 1.29 is 14.3 Å². The summed E-state index contributed by atoms with van der Waals surface area (Å²) in [5.74, 6) is 1.23. The van der Waals surface area contributed by atoms with Crippen molar-refractivity contribution in [2.24, 2.45) is 0 Å². The first-order chi connectivity index (χ1) is 16.4. The highest BCUT2D eigenvalue weighted by Crippen LogP contribution is 2.22. The van der Waals surface area contributed by atoms with Gasteiger partial charge >= 0.3 is 0 Å². The summed E-state index contributed by atoms with van der Waals surface area (Å²) in [4.78, 5) is 24.9. The Hall–Kier alpha value is -3.11. The largest absolute Gasteiger partial charge is 0.497 e. The van der Waals surface area contributed by atoms with Crippen LogP contribution < -0.4 is 15.4 Å². The van der Waals surface area contributed by atoms with E-state index in [1.807, 2.05) is 60.0 Å². The lowest BCUT2D eigenvalue weighted by molar-refractivity contribution is -0.121. The fraction of sp³-hybridized carbons (Fsp3) is 0.250. The van der Waals surface area contributed by atoms with Gasteiger partial charge in [0.25, 0.3) is 0 Å². The summed E-state index contributed by atoms with van der Waals surface area (Å²) in [6.07, 6.45) is 1.96. The molecule has 1 atom stereocenters. The molecular weight excluding hydrogens is 518 g/mol. The summed E-state index contributed by atoms with van der Waals surface area (Å²) in [7, 11) is 1.60. The molecule has 3 rings (SSSR count). The fourth-order valence-corrected chi connectivity index (χ4v) is 4.19. The summed E-state index contributed by atoms with van der Waals surface area (Å²) in [5.41, 5.74) is 1.60. The van der Waals surface area contributed by atoms with Gasteiger partial charge in [-0.1, -0.05) is 45.9 Å². The van der Waals surface area contributed by atoms with Gasteiger partial charge in [0.05, 0.1) is 25.3 Å². The van der Waals surface area contributed by atoms with Crippen LogP contribution in [0.5, 0.6) is 5.75 Å². The number of hydrogen-bond donors (Lipinski definition) is 2. The lowest BCUT2D eigenvalue weighted by Crippen LogP contribution is -2.30. The number of rotatable bonds is 11. The molecule has 34 heavy (non-hydrogen) atoms. The SMILES string of the molecule is C=CCn1c(SCC(=O)Nc2ccc(Br)cc2)nnc1[C@H](C)NC(=O)Cc1ccc(OC)cc1. The van der Waals surface area contributed by atoms with Crippen LogP contribution >= 0.6 is 27.7 Å². The maximum absolute atomic E-state index is 12.6. The number of aromatic nitrogens is 3. The predicted octanol–water partition coefficient (Wildman–Crippen LogP) is 4.39. The molecule has 0 aliphatic rings. The van der Waals surface area contributed by atoms with E-state index in [1.165, 1.54) is 11.8 Å². The Bertz CT molecular complexity index is 1130. The van der Waals surface area contributed by atoms with Gasteiger partial charge in [0.1, 0.15) is 5.75 Å². The van der Waals surface area contributed by atoms with Crippen LogP contribution in [0, 0.1) is 0 Å². The molecule has 178 valence electrons. The Morgan fingerprint density at radius 3 is 2.50 bits per heavy atom. The van der Waals surface area contributed by atoms with Gasteiger partial charge in [-0.05, 0) is 48.9 Å². The first-order valence-corrected chi connectivity index (χ1v) is 12.3. The fourth-order valence-electron chi connectivity index (χ4n) is 3.17. The minimum Gasteiger partial charge on any atom is -0.497 e. The molecule has 2 N–H and O–H groups in total. The van der Waals surface area contributed by atoms with E-state index >= 15 is 0 Å². The summed E-state index contributed by atoms with van der Waals surface area (Å²) < 4.78 is 7.94. The highest BCUT2D eigenvalue weighted by atomic mass is 79.9. The van der Waals surface area contributed by atoms with Crippen molar-refractivity contribution in [3.8, 4) is 5.75 Å². The van der Waals surface area contributed by atoms with E-state index in [2.05, 4.69) is 43.3 Å². The molecule has 0 aliphatic carbocycles. The Morgan fingerprint density at radius 2 is 1.85 bits per heavy atom. The minimum atomic E-state index is -0.371. The van der Waals surface area contributed by atoms with Crippen molar-refractivity contribution in [2.75, 3.05) is 18.2 Å². The average molecular weight is 544 g/mol. The van der Waals surface area contributed by atoms with Crippen LogP contribution in [0.15, 0.2) is 70.8 Å². The van der Waals surface area contributed by atoms with Gasteiger partial charge in [-0.2, -0.15) is 0 Å². The number of carbonyl (C=O) groups excluding carboxylic acids is 2. The number of ether oxygens (including phenoxy) is 1. The molecule has 0 bridgehead atoms. The van der Waals surface area contributed by atoms with Crippen molar-refractivity contribution in [1.82, 2.24) is 20.1 Å². The zero-order valence-corrected chi connectivity index (χ0v) is 21.4. The van der Waals surface area contributed by atoms with Gasteiger partial charge in [-0.25, -0.2) is 0 Å². The third-order valence-electron chi connectivity index (χ3n) is 4.81. The van der Waals surface area contributed by atoms with E-state index in [1.54, 1.807) is 13.2 Å². The molecule has 2 amide bonds. The lowest BCUT2D eigenvalue weighted by Gasteiger charge is -2.15. The summed E-state index contributed by atoms with van der Waals surface area (Å²) >= 11 is 4.65. The van der Waals surface area contributed by atoms with Crippen LogP contribution in [-0.4, -0.2) is 39.4 Å². The Labute approximate surface area is 211 Å². The number of thioether (sulfide) groups is 1. The van der Waals surface area contributed by atoms with Crippen molar-refractivity contribution in [1.29, 1.82) is 0 Å². The van der Waals surface area contributed by atoms with E-state index in [9.17, 15) is 9.59 Å². The average Bonchev–Trinajstić information content (AvgIpc) is 3.22. The quantitative estimate of drug-likeness (QED) is 0.275. The number of allylic oxidation sites excluding steroid dienone is 1. The molecule has 8 nitrogen and oxygen atoms in total. The van der Waals surface area contributed by atoms with Crippen LogP contribution in [0.25, 0.3) is 0 Å². The second-order valence-electron chi connectivity index (χ2n) is 7.40. The van der Waals surface area contributed by atoms with E-state index in [0.29, 0.717) is 17.5 Å². The lowest BCUT2D eigenvalue weighted by atomic mass is 10.1. The van der Waals surface area contributed by atoms with Crippen LogP contribution in [0.4, 0.5) is 5.69 Å². The monoisotopic (exact) mass is 543 g/mol. The Kier molecular flexibility index (Phi) is 9.29. The van der Waals surface area contributed by atoms with Crippen LogP contribution in [0.1, 0.15) is 24.4 Å². The molecule has 10 heteroatoms. The van der Waals surface area contributed by atoms with Gasteiger partial charge in [-0.15, -0.1) is 16.8 Å². The Morgan fingerprint density at radius 1 is 1.15 bits per heavy atom. The Balaban J connectivity index is 1.60. The molecule has 1 aromatic heterocycles. The molecule has 1 heterocycles. The number of nitrogens with zero attached hydrogens (tertiary/aromatic N) is 3. The van der Waals surface area contributed by atoms with Gasteiger partial charge < -0.3 is 19.9 Å². The standard InChI is InChI=1S/C24H26BrN5O3S/c1-4-13-30-23(16(2)26-21(31)14-17-5-11-20(33-3)12-6-17)28-29-24(30)34-15-22(32)27-19-9-7-18(25)8-10-19/h4-12,16H,1,13-15H2,2-3H3,(H,26,31)(H,27,32)/t16-/m0/s1. The summed E-state index contributed by atoms with van der Waals surface area (Å²) in [6, 6.07) is 14.4. The highest BCUT2D eigenvalue weighted by Gasteiger charge is 2.20. The molecule has 0 spiro atoms. The van der Waals surface area contributed by atoms with Crippen LogP contribution in [0.2, 0.25) is 0 Å². The van der Waals surface area contributed by atoms with Crippen molar-refractivity contribution in [3.05, 3.63) is 77.0 Å².